The van der Waals surface area contributed by atoms with E-state index >= 15 is 0 Å². The number of aromatic nitrogens is 2. The number of carbonyl (C=O) groups excluding carboxylic acids is 3. The number of nitrogens with zero attached hydrogens (tertiary/aromatic N) is 3. The van der Waals surface area contributed by atoms with Crippen molar-refractivity contribution in [3.8, 4) is 5.75 Å². The van der Waals surface area contributed by atoms with E-state index in [2.05, 4.69) is 15.2 Å². The summed E-state index contributed by atoms with van der Waals surface area (Å²) < 4.78 is 86.2. The molecule has 45 heavy (non-hydrogen) atoms. The lowest BCUT2D eigenvalue weighted by Crippen LogP contribution is -2.44. The smallest absolute Gasteiger partial charge is 0.427 e. The number of carbonyl (C=O) groups is 3. The van der Waals surface area contributed by atoms with Crippen LogP contribution in [0.2, 0.25) is 0 Å². The molecule has 1 aliphatic rings. The Kier molecular flexibility index (Phi) is 10.5. The molecule has 0 unspecified atom stereocenters. The molecule has 1 aromatic heterocycles. The van der Waals surface area contributed by atoms with Crippen LogP contribution in [0.1, 0.15) is 65.6 Å². The van der Waals surface area contributed by atoms with Gasteiger partial charge in [0.15, 0.2) is 0 Å². The van der Waals surface area contributed by atoms with Gasteiger partial charge in [0.05, 0.1) is 37.1 Å². The van der Waals surface area contributed by atoms with Crippen LogP contribution in [0.25, 0.3) is 0 Å². The van der Waals surface area contributed by atoms with Gasteiger partial charge in [0.2, 0.25) is 5.60 Å². The number of fused-ring (bicyclic) bond motifs is 1. The molecular weight excluding hydrogens is 621 g/mol. The molecular formula is C29H39F3N4O8S. The molecule has 1 N–H and O–H groups in total. The lowest BCUT2D eigenvalue weighted by Gasteiger charge is -2.35. The molecule has 0 saturated heterocycles. The van der Waals surface area contributed by atoms with Crippen molar-refractivity contribution in [2.45, 2.75) is 103 Å². The molecule has 0 saturated carbocycles. The summed E-state index contributed by atoms with van der Waals surface area (Å²) in [5.41, 5.74) is -2.87. The molecule has 1 aliphatic heterocycles. The van der Waals surface area contributed by atoms with E-state index in [1.807, 2.05) is 0 Å². The van der Waals surface area contributed by atoms with Crippen LogP contribution in [0.4, 0.5) is 23.7 Å². The predicted octanol–water partition coefficient (Wildman–Crippen LogP) is 4.47. The number of nitrogens with one attached hydrogen (secondary N) is 1. The molecule has 0 bridgehead atoms. The zero-order valence-electron chi connectivity index (χ0n) is 26.3. The summed E-state index contributed by atoms with van der Waals surface area (Å²) in [6, 6.07) is 4.20. The molecule has 0 radical (unpaired) electrons. The van der Waals surface area contributed by atoms with Gasteiger partial charge in [0, 0.05) is 13.0 Å². The van der Waals surface area contributed by atoms with Gasteiger partial charge in [-0.25, -0.2) is 13.2 Å². The van der Waals surface area contributed by atoms with Crippen molar-refractivity contribution in [2.24, 2.45) is 0 Å². The number of ketones is 1. The van der Waals surface area contributed by atoms with Gasteiger partial charge in [-0.2, -0.15) is 18.3 Å². The second kappa shape index (κ2) is 13.3. The molecule has 0 fully saturated rings. The lowest BCUT2D eigenvalue weighted by atomic mass is 10.1. The summed E-state index contributed by atoms with van der Waals surface area (Å²) >= 11 is 0. The normalized spacial score (nSPS) is 15.6. The van der Waals surface area contributed by atoms with Crippen LogP contribution >= 0.6 is 0 Å². The molecule has 0 spiro atoms. The van der Waals surface area contributed by atoms with Crippen LogP contribution in [0.15, 0.2) is 29.3 Å². The highest BCUT2D eigenvalue weighted by Gasteiger charge is 2.50. The molecule has 3 rings (SSSR count). The second-order valence-corrected chi connectivity index (χ2v) is 14.1. The number of Topliss-reactive ketones (excluding diaryl/α,β-unsaturated/α-hetero) is 1. The van der Waals surface area contributed by atoms with Crippen molar-refractivity contribution >= 4 is 33.6 Å². The van der Waals surface area contributed by atoms with E-state index < -0.39 is 52.0 Å². The summed E-state index contributed by atoms with van der Waals surface area (Å²) in [5.74, 6) is -1.11. The minimum absolute atomic E-state index is 0.0631. The van der Waals surface area contributed by atoms with Gasteiger partial charge < -0.3 is 24.3 Å². The Bertz CT molecular complexity index is 1530. The number of rotatable bonds is 11. The van der Waals surface area contributed by atoms with E-state index in [0.29, 0.717) is 0 Å². The summed E-state index contributed by atoms with van der Waals surface area (Å²) in [6.45, 7) is 9.66. The maximum atomic E-state index is 14.1. The third kappa shape index (κ3) is 9.11. The number of benzene rings is 1. The fourth-order valence-electron chi connectivity index (χ4n) is 4.36. The van der Waals surface area contributed by atoms with Gasteiger partial charge in [0.1, 0.15) is 28.1 Å². The van der Waals surface area contributed by atoms with Crippen molar-refractivity contribution in [3.63, 3.8) is 0 Å². The first-order valence-electron chi connectivity index (χ1n) is 14.2. The number of alkyl carbamates (subject to hydrolysis) is 1. The number of anilines is 1. The second-order valence-electron chi connectivity index (χ2n) is 12.2. The van der Waals surface area contributed by atoms with Crippen molar-refractivity contribution in [1.29, 1.82) is 0 Å². The van der Waals surface area contributed by atoms with Gasteiger partial charge >= 0.3 is 18.2 Å². The van der Waals surface area contributed by atoms with Crippen molar-refractivity contribution in [2.75, 3.05) is 17.4 Å². The molecule has 1 aromatic carbocycles. The molecule has 2 aromatic rings. The Labute approximate surface area is 260 Å². The quantitative estimate of drug-likeness (QED) is 0.345. The summed E-state index contributed by atoms with van der Waals surface area (Å²) in [4.78, 5) is 35.9. The van der Waals surface area contributed by atoms with E-state index in [9.17, 15) is 36.0 Å². The zero-order chi connectivity index (χ0) is 34.0. The fourth-order valence-corrected chi connectivity index (χ4v) is 6.02. The van der Waals surface area contributed by atoms with Gasteiger partial charge in [-0.15, -0.1) is 0 Å². The number of hydrogen-bond acceptors (Lipinski definition) is 9. The first-order chi connectivity index (χ1) is 20.6. The number of esters is 1. The molecule has 16 heteroatoms. The van der Waals surface area contributed by atoms with Gasteiger partial charge in [0.25, 0.3) is 10.0 Å². The molecule has 0 aliphatic carbocycles. The topological polar surface area (TPSA) is 146 Å². The summed E-state index contributed by atoms with van der Waals surface area (Å²) in [6.07, 6.45) is -5.12. The Morgan fingerprint density at radius 1 is 1.11 bits per heavy atom. The summed E-state index contributed by atoms with van der Waals surface area (Å²) in [5, 5.41) is 6.77. The predicted molar refractivity (Wildman–Crippen MR) is 156 cm³/mol. The van der Waals surface area contributed by atoms with Crippen LogP contribution in [-0.2, 0) is 42.1 Å². The molecule has 12 nitrogen and oxygen atoms in total. The molecule has 2 heterocycles. The maximum absolute atomic E-state index is 14.1. The van der Waals surface area contributed by atoms with Crippen LogP contribution in [-0.4, -0.2) is 72.6 Å². The summed E-state index contributed by atoms with van der Waals surface area (Å²) in [7, 11) is -4.31. The van der Waals surface area contributed by atoms with E-state index in [4.69, 9.17) is 9.47 Å². The van der Waals surface area contributed by atoms with Gasteiger partial charge in [-0.1, -0.05) is 6.07 Å². The van der Waals surface area contributed by atoms with Crippen molar-refractivity contribution < 1.29 is 50.2 Å². The van der Waals surface area contributed by atoms with E-state index in [1.54, 1.807) is 27.7 Å². The van der Waals surface area contributed by atoms with Crippen molar-refractivity contribution in [1.82, 2.24) is 15.1 Å². The van der Waals surface area contributed by atoms with Crippen LogP contribution in [0, 0.1) is 6.92 Å². The molecule has 250 valence electrons. The monoisotopic (exact) mass is 660 g/mol. The zero-order valence-corrected chi connectivity index (χ0v) is 27.1. The number of sulfonamides is 1. The largest absolute Gasteiger partial charge is 0.486 e. The number of hydrogen-bond donors (Lipinski definition) is 1. The highest BCUT2D eigenvalue weighted by atomic mass is 32.2. The minimum Gasteiger partial charge on any atom is -0.486 e. The first kappa shape index (κ1) is 35.7. The van der Waals surface area contributed by atoms with E-state index in [-0.39, 0.29) is 65.8 Å². The SMILES string of the molecule is CC(=O)CC[C@H]1CN(S(=O)(=O)c2cnn(CCNC(=O)OC(C)(C)C)c2C)c2cc(CC(=O)OC(C)(C)C(F)(F)F)ccc2O1. The lowest BCUT2D eigenvalue weighted by molar-refractivity contribution is -0.257. The Morgan fingerprint density at radius 2 is 1.78 bits per heavy atom. The van der Waals surface area contributed by atoms with Crippen LogP contribution < -0.4 is 14.4 Å². The maximum Gasteiger partial charge on any atom is 0.427 e. The minimum atomic E-state index is -4.79. The van der Waals surface area contributed by atoms with Crippen LogP contribution in [0.3, 0.4) is 0 Å². The van der Waals surface area contributed by atoms with Gasteiger partial charge in [-0.3, -0.25) is 13.8 Å². The molecule has 1 amide bonds. The number of alkyl halides is 3. The number of halogens is 3. The third-order valence-corrected chi connectivity index (χ3v) is 8.67. The highest BCUT2D eigenvalue weighted by Crippen LogP contribution is 2.39. The standard InChI is InChI=1S/C29H39F3N4O8S/c1-18(37)8-10-21-17-36(22-14-20(9-11-23(22)42-21)15-25(38)43-28(6,7)29(30,31)32)45(40,41)24-16-34-35(19(24)2)13-12-33-26(39)44-27(3,4)5/h9,11,14,16,21H,8,10,12-13,15,17H2,1-7H3,(H,33,39)/t21-/m0/s1. The Balaban J connectivity index is 1.89. The van der Waals surface area contributed by atoms with E-state index in [0.717, 1.165) is 18.2 Å². The van der Waals surface area contributed by atoms with Gasteiger partial charge in [-0.05, 0) is 72.6 Å². The first-order valence-corrected chi connectivity index (χ1v) is 15.6. The average Bonchev–Trinajstić information content (AvgIpc) is 3.25. The van der Waals surface area contributed by atoms with Crippen LogP contribution in [0.5, 0.6) is 5.75 Å². The number of amides is 1. The Hall–Kier alpha value is -3.82. The number of ether oxygens (including phenoxy) is 3. The fraction of sp³-hybridized carbons (Fsp3) is 0.586. The molecule has 1 atom stereocenters. The highest BCUT2D eigenvalue weighted by molar-refractivity contribution is 7.92. The van der Waals surface area contributed by atoms with E-state index in [1.165, 1.54) is 36.0 Å². The third-order valence-electron chi connectivity index (χ3n) is 6.79. The average molecular weight is 661 g/mol. The van der Waals surface area contributed by atoms with Crippen molar-refractivity contribution in [3.05, 3.63) is 35.7 Å². The Morgan fingerprint density at radius 3 is 2.38 bits per heavy atom.